The topological polar surface area (TPSA) is 135 Å². The number of benzene rings is 2. The number of hydrogen-bond acceptors (Lipinski definition) is 5. The Hall–Kier alpha value is -2.27. The van der Waals surface area contributed by atoms with Gasteiger partial charge in [-0.1, -0.05) is 18.2 Å². The molecule has 0 saturated heterocycles. The molecule has 152 valence electrons. The first-order chi connectivity index (χ1) is 12.9. The van der Waals surface area contributed by atoms with Crippen molar-refractivity contribution in [3.05, 3.63) is 59.7 Å². The van der Waals surface area contributed by atoms with Gasteiger partial charge in [0.25, 0.3) is 5.91 Å². The maximum Gasteiger partial charge on any atom is 0.251 e. The molecule has 0 aliphatic rings. The van der Waals surface area contributed by atoms with Gasteiger partial charge in [0.15, 0.2) is 0 Å². The lowest BCUT2D eigenvalue weighted by Crippen LogP contribution is -2.31. The van der Waals surface area contributed by atoms with Gasteiger partial charge in [-0.25, -0.2) is 26.7 Å². The number of nitrogens with two attached hydrogens (primary N) is 1. The first kappa shape index (κ1) is 22.0. The van der Waals surface area contributed by atoms with E-state index < -0.39 is 32.0 Å². The van der Waals surface area contributed by atoms with E-state index in [9.17, 15) is 21.6 Å². The number of primary sulfonamides is 1. The van der Waals surface area contributed by atoms with E-state index in [1.54, 1.807) is 32.9 Å². The average molecular weight is 426 g/mol. The zero-order valence-corrected chi connectivity index (χ0v) is 17.3. The molecule has 1 amide bonds. The number of rotatable bonds is 7. The van der Waals surface area contributed by atoms with Crippen LogP contribution in [0, 0.1) is 0 Å². The van der Waals surface area contributed by atoms with Gasteiger partial charge in [-0.3, -0.25) is 4.79 Å². The van der Waals surface area contributed by atoms with Crippen LogP contribution in [-0.4, -0.2) is 28.8 Å². The van der Waals surface area contributed by atoms with Crippen LogP contribution in [0.1, 0.15) is 42.7 Å². The van der Waals surface area contributed by atoms with Gasteiger partial charge < -0.3 is 5.32 Å². The maximum absolute atomic E-state index is 12.5. The molecule has 2 aromatic rings. The highest BCUT2D eigenvalue weighted by Gasteiger charge is 2.18. The second-order valence-electron chi connectivity index (χ2n) is 6.61. The molecule has 0 spiro atoms. The van der Waals surface area contributed by atoms with Gasteiger partial charge in [0.05, 0.1) is 15.8 Å². The molecule has 0 aliphatic heterocycles. The Labute approximate surface area is 165 Å². The molecule has 0 radical (unpaired) electrons. The molecule has 0 saturated carbocycles. The average Bonchev–Trinajstić information content (AvgIpc) is 2.60. The van der Waals surface area contributed by atoms with Crippen LogP contribution in [0.3, 0.4) is 0 Å². The Morgan fingerprint density at radius 1 is 0.929 bits per heavy atom. The molecular weight excluding hydrogens is 402 g/mol. The minimum Gasteiger partial charge on any atom is -0.346 e. The third kappa shape index (κ3) is 5.61. The summed E-state index contributed by atoms with van der Waals surface area (Å²) < 4.78 is 49.6. The number of carbonyl (C=O) groups is 1. The summed E-state index contributed by atoms with van der Waals surface area (Å²) in [5.41, 5.74) is 0.866. The first-order valence-corrected chi connectivity index (χ1v) is 11.5. The van der Waals surface area contributed by atoms with Crippen molar-refractivity contribution < 1.29 is 21.6 Å². The summed E-state index contributed by atoms with van der Waals surface area (Å²) in [7, 11) is -7.50. The van der Waals surface area contributed by atoms with Crippen LogP contribution in [0.2, 0.25) is 0 Å². The van der Waals surface area contributed by atoms with Gasteiger partial charge in [-0.2, -0.15) is 0 Å². The van der Waals surface area contributed by atoms with E-state index in [-0.39, 0.29) is 21.4 Å². The van der Waals surface area contributed by atoms with Crippen molar-refractivity contribution in [1.29, 1.82) is 0 Å². The van der Waals surface area contributed by atoms with Crippen LogP contribution in [0.25, 0.3) is 0 Å². The number of amides is 1. The smallest absolute Gasteiger partial charge is 0.251 e. The van der Waals surface area contributed by atoms with Crippen LogP contribution in [0.4, 0.5) is 0 Å². The van der Waals surface area contributed by atoms with Gasteiger partial charge >= 0.3 is 0 Å². The maximum atomic E-state index is 12.5. The number of nitrogens with one attached hydrogen (secondary N) is 2. The highest BCUT2D eigenvalue weighted by Crippen LogP contribution is 2.17. The van der Waals surface area contributed by atoms with E-state index >= 15 is 0 Å². The molecule has 2 rings (SSSR count). The number of carbonyl (C=O) groups excluding carboxylic acids is 1. The highest BCUT2D eigenvalue weighted by molar-refractivity contribution is 7.89. The molecule has 10 heteroatoms. The Kier molecular flexibility index (Phi) is 6.60. The number of hydrogen-bond donors (Lipinski definition) is 3. The molecule has 0 unspecified atom stereocenters. The van der Waals surface area contributed by atoms with E-state index in [1.165, 1.54) is 36.4 Å². The third-order valence-corrected chi connectivity index (χ3v) is 6.44. The van der Waals surface area contributed by atoms with Crippen LogP contribution in [-0.2, 0) is 20.0 Å². The van der Waals surface area contributed by atoms with Crippen molar-refractivity contribution in [2.24, 2.45) is 5.14 Å². The molecule has 0 fully saturated rings. The summed E-state index contributed by atoms with van der Waals surface area (Å²) in [6.07, 6.45) is 0. The molecule has 0 bridgehead atoms. The molecule has 0 aromatic heterocycles. The second-order valence-corrected chi connectivity index (χ2v) is 9.89. The van der Waals surface area contributed by atoms with E-state index in [0.29, 0.717) is 5.56 Å². The monoisotopic (exact) mass is 425 g/mol. The molecular formula is C18H23N3O5S2. The number of sulfonamides is 2. The van der Waals surface area contributed by atoms with E-state index in [4.69, 9.17) is 5.14 Å². The lowest BCUT2D eigenvalue weighted by molar-refractivity contribution is 0.0939. The lowest BCUT2D eigenvalue weighted by atomic mass is 10.1. The van der Waals surface area contributed by atoms with Crippen LogP contribution < -0.4 is 15.2 Å². The summed E-state index contributed by atoms with van der Waals surface area (Å²) >= 11 is 0. The summed E-state index contributed by atoms with van der Waals surface area (Å²) in [5.74, 6) is -0.454. The van der Waals surface area contributed by atoms with E-state index in [0.717, 1.165) is 0 Å². The minimum absolute atomic E-state index is 0.000918. The summed E-state index contributed by atoms with van der Waals surface area (Å²) in [6, 6.07) is 10.8. The van der Waals surface area contributed by atoms with Gasteiger partial charge in [0.1, 0.15) is 0 Å². The predicted octanol–water partition coefficient (Wildman–Crippen LogP) is 1.51. The van der Waals surface area contributed by atoms with Crippen molar-refractivity contribution in [3.63, 3.8) is 0 Å². The SMILES string of the molecule is CC(C)NS(=O)(=O)c1cccc(C(=O)N[C@@H](C)c2ccc(S(N)(=O)=O)cc2)c1. The lowest BCUT2D eigenvalue weighted by Gasteiger charge is -2.15. The molecule has 2 aromatic carbocycles. The van der Waals surface area contributed by atoms with E-state index in [2.05, 4.69) is 10.0 Å². The van der Waals surface area contributed by atoms with Crippen molar-refractivity contribution in [2.45, 2.75) is 42.6 Å². The van der Waals surface area contributed by atoms with Crippen LogP contribution >= 0.6 is 0 Å². The first-order valence-electron chi connectivity index (χ1n) is 8.46. The van der Waals surface area contributed by atoms with Crippen molar-refractivity contribution in [2.75, 3.05) is 0 Å². The normalized spacial score (nSPS) is 13.3. The summed E-state index contributed by atoms with van der Waals surface area (Å²) in [4.78, 5) is 12.5. The van der Waals surface area contributed by atoms with Crippen molar-refractivity contribution >= 4 is 26.0 Å². The zero-order chi connectivity index (χ0) is 21.1. The van der Waals surface area contributed by atoms with Gasteiger partial charge in [-0.05, 0) is 56.7 Å². The van der Waals surface area contributed by atoms with Crippen molar-refractivity contribution in [3.8, 4) is 0 Å². The third-order valence-electron chi connectivity index (χ3n) is 3.85. The fraction of sp³-hybridized carbons (Fsp3) is 0.278. The van der Waals surface area contributed by atoms with Gasteiger partial charge in [0.2, 0.25) is 20.0 Å². The summed E-state index contributed by atoms with van der Waals surface area (Å²) in [5, 5.41) is 7.82. The standard InChI is InChI=1S/C18H23N3O5S2/c1-12(2)21-28(25,26)17-6-4-5-15(11-17)18(22)20-13(3)14-7-9-16(10-8-14)27(19,23)24/h4-13,21H,1-3H3,(H,20,22)(H2,19,23,24)/t13-/m0/s1. The van der Waals surface area contributed by atoms with Crippen molar-refractivity contribution in [1.82, 2.24) is 10.0 Å². The predicted molar refractivity (Wildman–Crippen MR) is 106 cm³/mol. The largest absolute Gasteiger partial charge is 0.346 e. The molecule has 28 heavy (non-hydrogen) atoms. The zero-order valence-electron chi connectivity index (χ0n) is 15.7. The minimum atomic E-state index is -3.79. The fourth-order valence-electron chi connectivity index (χ4n) is 2.49. The Morgan fingerprint density at radius 2 is 1.54 bits per heavy atom. The van der Waals surface area contributed by atoms with Gasteiger partial charge in [-0.15, -0.1) is 0 Å². The van der Waals surface area contributed by atoms with Crippen LogP contribution in [0.15, 0.2) is 58.3 Å². The quantitative estimate of drug-likeness (QED) is 0.618. The molecule has 0 aliphatic carbocycles. The molecule has 1 atom stereocenters. The van der Waals surface area contributed by atoms with E-state index in [1.807, 2.05) is 0 Å². The highest BCUT2D eigenvalue weighted by atomic mass is 32.2. The summed E-state index contributed by atoms with van der Waals surface area (Å²) in [6.45, 7) is 5.14. The Morgan fingerprint density at radius 3 is 2.07 bits per heavy atom. The second kappa shape index (κ2) is 8.39. The van der Waals surface area contributed by atoms with Crippen LogP contribution in [0.5, 0.6) is 0 Å². The fourth-order valence-corrected chi connectivity index (χ4v) is 4.30. The van der Waals surface area contributed by atoms with Gasteiger partial charge in [0, 0.05) is 11.6 Å². The molecule has 8 nitrogen and oxygen atoms in total. The Bertz CT molecular complexity index is 1060. The molecule has 4 N–H and O–H groups in total. The molecule has 0 heterocycles. The Balaban J connectivity index is 2.18.